The second-order valence-electron chi connectivity index (χ2n) is 8.28. The molecule has 36 heavy (non-hydrogen) atoms. The monoisotopic (exact) mass is 565 g/mol. The van der Waals surface area contributed by atoms with Crippen molar-refractivity contribution in [2.45, 2.75) is 24.0 Å². The standard InChI is InChI=1S/C26H21BrN4O4S/c1-15-6-8-16(9-7-15)14-36-26-29-25(34)23-18-4-2-3-5-20(18)28-24(31(23)30-26)19-12-17(27)10-11-21(19)35-13-22(32)33/h2-12,24H,13-14H2,1H3,(H2,29,30,32,33,34)/p+1/t24-/m0/s1. The first kappa shape index (κ1) is 24.1. The number of fused-ring (bicyclic) bond motifs is 3. The van der Waals surface area contributed by atoms with Gasteiger partial charge in [-0.1, -0.05) is 69.7 Å². The zero-order valence-corrected chi connectivity index (χ0v) is 21.6. The van der Waals surface area contributed by atoms with Gasteiger partial charge in [0.05, 0.1) is 16.8 Å². The van der Waals surface area contributed by atoms with Crippen molar-refractivity contribution in [3.05, 3.63) is 98.2 Å². The first-order chi connectivity index (χ1) is 17.4. The van der Waals surface area contributed by atoms with Crippen LogP contribution in [-0.4, -0.2) is 27.8 Å². The number of anilines is 1. The molecule has 0 amide bonds. The van der Waals surface area contributed by atoms with E-state index in [9.17, 15) is 9.59 Å². The highest BCUT2D eigenvalue weighted by Gasteiger charge is 2.39. The lowest BCUT2D eigenvalue weighted by molar-refractivity contribution is -0.759. The van der Waals surface area contributed by atoms with Crippen molar-refractivity contribution in [1.29, 1.82) is 0 Å². The van der Waals surface area contributed by atoms with Gasteiger partial charge in [-0.15, -0.1) is 0 Å². The largest absolute Gasteiger partial charge is 0.481 e. The van der Waals surface area contributed by atoms with Crippen LogP contribution in [0.5, 0.6) is 5.75 Å². The lowest BCUT2D eigenvalue weighted by Gasteiger charge is -2.23. The summed E-state index contributed by atoms with van der Waals surface area (Å²) in [7, 11) is 0. The van der Waals surface area contributed by atoms with Crippen LogP contribution in [0.25, 0.3) is 11.3 Å². The van der Waals surface area contributed by atoms with E-state index < -0.39 is 18.7 Å². The van der Waals surface area contributed by atoms with Crippen molar-refractivity contribution in [2.24, 2.45) is 0 Å². The minimum Gasteiger partial charge on any atom is -0.481 e. The van der Waals surface area contributed by atoms with Crippen molar-refractivity contribution >= 4 is 39.3 Å². The highest BCUT2D eigenvalue weighted by molar-refractivity contribution is 9.10. The van der Waals surface area contributed by atoms with Gasteiger partial charge in [0.1, 0.15) is 5.75 Å². The third-order valence-corrected chi connectivity index (χ3v) is 7.12. The Balaban J connectivity index is 1.59. The lowest BCUT2D eigenvalue weighted by Crippen LogP contribution is -2.55. The summed E-state index contributed by atoms with van der Waals surface area (Å²) in [6.07, 6.45) is -0.614. The maximum absolute atomic E-state index is 13.4. The van der Waals surface area contributed by atoms with E-state index in [1.54, 1.807) is 16.8 Å². The molecule has 1 aliphatic rings. The van der Waals surface area contributed by atoms with E-state index in [4.69, 9.17) is 14.9 Å². The Hall–Kier alpha value is -3.63. The molecule has 0 spiro atoms. The van der Waals surface area contributed by atoms with E-state index in [1.165, 1.54) is 17.3 Å². The summed E-state index contributed by atoms with van der Waals surface area (Å²) >= 11 is 4.93. The molecule has 0 radical (unpaired) electrons. The Labute approximate surface area is 219 Å². The average molecular weight is 566 g/mol. The summed E-state index contributed by atoms with van der Waals surface area (Å²) in [5.41, 5.74) is 4.56. The molecule has 0 unspecified atom stereocenters. The Kier molecular flexibility index (Phi) is 6.80. The molecule has 0 fully saturated rings. The predicted molar refractivity (Wildman–Crippen MR) is 140 cm³/mol. The van der Waals surface area contributed by atoms with Crippen molar-refractivity contribution in [1.82, 2.24) is 10.1 Å². The number of rotatable bonds is 7. The Morgan fingerprint density at radius 3 is 2.72 bits per heavy atom. The molecule has 1 atom stereocenters. The number of hydrogen-bond donors (Lipinski definition) is 3. The number of carbonyl (C=O) groups is 1. The zero-order chi connectivity index (χ0) is 25.2. The average Bonchev–Trinajstić information content (AvgIpc) is 2.87. The molecule has 1 aromatic heterocycles. The quantitative estimate of drug-likeness (QED) is 0.223. The van der Waals surface area contributed by atoms with Crippen LogP contribution in [0.1, 0.15) is 22.9 Å². The molecule has 0 aliphatic carbocycles. The summed E-state index contributed by atoms with van der Waals surface area (Å²) in [5, 5.41) is 17.9. The fourth-order valence-corrected chi connectivity index (χ4v) is 5.19. The van der Waals surface area contributed by atoms with Gasteiger partial charge in [0, 0.05) is 15.3 Å². The summed E-state index contributed by atoms with van der Waals surface area (Å²) in [5.74, 6) is -0.0590. The van der Waals surface area contributed by atoms with E-state index in [0.29, 0.717) is 27.9 Å². The normalized spacial score (nSPS) is 13.9. The SMILES string of the molecule is Cc1ccc(CSc2n[n+]3c(c(=O)[nH]2)-c2ccccc2N[C@@H]3c2cc(Br)ccc2OCC(=O)O)cc1. The zero-order valence-electron chi connectivity index (χ0n) is 19.2. The Morgan fingerprint density at radius 2 is 1.94 bits per heavy atom. The van der Waals surface area contributed by atoms with Crippen molar-refractivity contribution in [3.8, 4) is 17.0 Å². The number of carboxylic acid groups (broad SMARTS) is 1. The summed E-state index contributed by atoms with van der Waals surface area (Å²) in [4.78, 5) is 27.5. The molecule has 10 heteroatoms. The molecular formula is C26H22BrN4O4S+. The van der Waals surface area contributed by atoms with Crippen LogP contribution in [0.3, 0.4) is 0 Å². The number of carboxylic acids is 1. The van der Waals surface area contributed by atoms with Crippen molar-refractivity contribution < 1.29 is 19.3 Å². The van der Waals surface area contributed by atoms with Gasteiger partial charge in [-0.25, -0.2) is 4.79 Å². The smallest absolute Gasteiger partial charge is 0.341 e. The third kappa shape index (κ3) is 5.00. The molecule has 2 heterocycles. The molecule has 182 valence electrons. The molecule has 1 aliphatic heterocycles. The van der Waals surface area contributed by atoms with E-state index in [-0.39, 0.29) is 5.56 Å². The predicted octanol–water partition coefficient (Wildman–Crippen LogP) is 4.52. The number of aliphatic carboxylic acids is 1. The summed E-state index contributed by atoms with van der Waals surface area (Å²) < 4.78 is 8.02. The van der Waals surface area contributed by atoms with Crippen LogP contribution >= 0.6 is 27.7 Å². The number of ether oxygens (including phenoxy) is 1. The molecule has 8 nitrogen and oxygen atoms in total. The maximum atomic E-state index is 13.4. The van der Waals surface area contributed by atoms with E-state index in [0.717, 1.165) is 21.3 Å². The van der Waals surface area contributed by atoms with Crippen LogP contribution in [0.2, 0.25) is 0 Å². The molecule has 4 aromatic rings. The minimum atomic E-state index is -1.08. The molecule has 0 bridgehead atoms. The first-order valence-corrected chi connectivity index (χ1v) is 12.9. The number of thioether (sulfide) groups is 1. The number of benzene rings is 3. The number of aromatic amines is 1. The van der Waals surface area contributed by atoms with Crippen molar-refractivity contribution in [3.63, 3.8) is 0 Å². The van der Waals surface area contributed by atoms with Gasteiger partial charge in [0.2, 0.25) is 5.16 Å². The van der Waals surface area contributed by atoms with Crippen LogP contribution in [-0.2, 0) is 10.5 Å². The topological polar surface area (TPSA) is 108 Å². The number of aromatic nitrogens is 3. The van der Waals surface area contributed by atoms with Gasteiger partial charge in [0.25, 0.3) is 6.17 Å². The van der Waals surface area contributed by atoms with Gasteiger partial charge in [0.15, 0.2) is 6.61 Å². The molecule has 0 saturated heterocycles. The number of H-pyrrole nitrogens is 1. The second-order valence-corrected chi connectivity index (χ2v) is 10.2. The first-order valence-electron chi connectivity index (χ1n) is 11.1. The molecule has 3 aromatic carbocycles. The van der Waals surface area contributed by atoms with E-state index in [1.807, 2.05) is 37.3 Å². The summed E-state index contributed by atoms with van der Waals surface area (Å²) in [6, 6.07) is 21.0. The highest BCUT2D eigenvalue weighted by atomic mass is 79.9. The maximum Gasteiger partial charge on any atom is 0.341 e. The number of hydrogen-bond acceptors (Lipinski definition) is 6. The molecular weight excluding hydrogens is 544 g/mol. The van der Waals surface area contributed by atoms with Crippen LogP contribution in [0.15, 0.2) is 81.2 Å². The Bertz CT molecular complexity index is 1510. The van der Waals surface area contributed by atoms with Gasteiger partial charge in [-0.3, -0.25) is 9.78 Å². The highest BCUT2D eigenvalue weighted by Crippen LogP contribution is 2.36. The fraction of sp³-hybridized carbons (Fsp3) is 0.154. The van der Waals surface area contributed by atoms with Gasteiger partial charge in [-0.2, -0.15) is 0 Å². The minimum absolute atomic E-state index is 0.265. The number of nitrogens with one attached hydrogen (secondary N) is 2. The molecule has 3 N–H and O–H groups in total. The van der Waals surface area contributed by atoms with Gasteiger partial charge < -0.3 is 15.2 Å². The number of aryl methyl sites for hydroxylation is 1. The fourth-order valence-electron chi connectivity index (χ4n) is 4.00. The van der Waals surface area contributed by atoms with Crippen LogP contribution in [0, 0.1) is 6.92 Å². The van der Waals surface area contributed by atoms with E-state index in [2.05, 4.69) is 50.5 Å². The van der Waals surface area contributed by atoms with Crippen LogP contribution < -0.4 is 20.3 Å². The third-order valence-electron chi connectivity index (χ3n) is 5.70. The van der Waals surface area contributed by atoms with Crippen LogP contribution in [0.4, 0.5) is 5.69 Å². The van der Waals surface area contributed by atoms with Gasteiger partial charge >= 0.3 is 17.2 Å². The number of nitrogens with zero attached hydrogens (tertiary/aromatic N) is 2. The summed E-state index contributed by atoms with van der Waals surface area (Å²) in [6.45, 7) is 1.55. The lowest BCUT2D eigenvalue weighted by atomic mass is 10.0. The second kappa shape index (κ2) is 10.2. The van der Waals surface area contributed by atoms with E-state index >= 15 is 0 Å². The van der Waals surface area contributed by atoms with Crippen molar-refractivity contribution in [2.75, 3.05) is 11.9 Å². The van der Waals surface area contributed by atoms with Gasteiger partial charge in [-0.05, 0) is 47.5 Å². The Morgan fingerprint density at radius 1 is 1.17 bits per heavy atom. The molecule has 5 rings (SSSR count). The molecule has 0 saturated carbocycles. The number of halogens is 1. The number of para-hydroxylation sites is 1.